The van der Waals surface area contributed by atoms with Crippen molar-refractivity contribution in [2.45, 2.75) is 20.5 Å². The predicted octanol–water partition coefficient (Wildman–Crippen LogP) is 6.14. The Kier molecular flexibility index (Phi) is 5.29. The molecule has 0 aliphatic heterocycles. The summed E-state index contributed by atoms with van der Waals surface area (Å²) in [5.74, 6) is 2.21. The van der Waals surface area contributed by atoms with Gasteiger partial charge in [0.2, 0.25) is 0 Å². The van der Waals surface area contributed by atoms with Crippen molar-refractivity contribution in [3.63, 3.8) is 0 Å². The molecule has 0 unspecified atom stereocenters. The third-order valence-electron chi connectivity index (χ3n) is 3.61. The molecule has 0 saturated carbocycles. The largest absolute Gasteiger partial charge is 0.508 e. The van der Waals surface area contributed by atoms with E-state index in [1.165, 1.54) is 0 Å². The fourth-order valence-electron chi connectivity index (χ4n) is 2.53. The number of hydrogen-bond acceptors (Lipinski definition) is 3. The minimum atomic E-state index is 0.189. The predicted molar refractivity (Wildman–Crippen MR) is 103 cm³/mol. The normalized spacial score (nSPS) is 10.5. The summed E-state index contributed by atoms with van der Waals surface area (Å²) in [4.78, 5) is 0. The van der Waals surface area contributed by atoms with Gasteiger partial charge in [0.05, 0.1) is 0 Å². The van der Waals surface area contributed by atoms with E-state index in [4.69, 9.17) is 9.47 Å². The van der Waals surface area contributed by atoms with Gasteiger partial charge in [-0.3, -0.25) is 0 Å². The van der Waals surface area contributed by atoms with Gasteiger partial charge in [-0.25, -0.2) is 0 Å². The molecule has 25 heavy (non-hydrogen) atoms. The first-order valence-corrected chi connectivity index (χ1v) is 8.75. The molecular weight excluding hydrogens is 380 g/mol. The molecule has 1 N–H and O–H groups in total. The van der Waals surface area contributed by atoms with Crippen LogP contribution in [0.2, 0.25) is 0 Å². The molecule has 3 rings (SSSR count). The molecule has 0 saturated heterocycles. The van der Waals surface area contributed by atoms with E-state index < -0.39 is 0 Å². The quantitative estimate of drug-likeness (QED) is 0.560. The van der Waals surface area contributed by atoms with E-state index in [9.17, 15) is 5.11 Å². The maximum atomic E-state index is 9.70. The number of ether oxygens (including phenoxy) is 2. The van der Waals surface area contributed by atoms with Crippen LogP contribution in [0.1, 0.15) is 16.7 Å². The molecule has 0 aliphatic carbocycles. The molecule has 3 aromatic carbocycles. The van der Waals surface area contributed by atoms with Crippen molar-refractivity contribution in [3.05, 3.63) is 81.8 Å². The monoisotopic (exact) mass is 398 g/mol. The Morgan fingerprint density at radius 2 is 1.40 bits per heavy atom. The SMILES string of the molecule is Cc1cc(O)cc(Oc2cc(C)cc(OCc3ccc(Br)cc3)c2)c1. The molecule has 0 spiro atoms. The van der Waals surface area contributed by atoms with Crippen LogP contribution in [0.25, 0.3) is 0 Å². The lowest BCUT2D eigenvalue weighted by atomic mass is 10.2. The van der Waals surface area contributed by atoms with E-state index in [2.05, 4.69) is 15.9 Å². The molecule has 0 amide bonds. The number of aryl methyl sites for hydroxylation is 2. The minimum Gasteiger partial charge on any atom is -0.508 e. The number of phenolic OH excluding ortho intramolecular Hbond substituents is 1. The second kappa shape index (κ2) is 7.62. The molecule has 0 aliphatic rings. The summed E-state index contributed by atoms with van der Waals surface area (Å²) in [6, 6.07) is 19.0. The fraction of sp³-hybridized carbons (Fsp3) is 0.143. The van der Waals surface area contributed by atoms with Gasteiger partial charge in [0, 0.05) is 16.6 Å². The molecule has 3 aromatic rings. The molecule has 0 aromatic heterocycles. The number of benzene rings is 3. The maximum absolute atomic E-state index is 9.70. The van der Waals surface area contributed by atoms with Crippen molar-refractivity contribution < 1.29 is 14.6 Å². The standard InChI is InChI=1S/C21H19BrO3/c1-14-7-18(23)11-20(9-14)25-21-10-15(2)8-19(12-21)24-13-16-3-5-17(22)6-4-16/h3-12,23H,13H2,1-2H3. The van der Waals surface area contributed by atoms with Crippen molar-refractivity contribution in [1.29, 1.82) is 0 Å². The van der Waals surface area contributed by atoms with Crippen LogP contribution < -0.4 is 9.47 Å². The Hall–Kier alpha value is -2.46. The lowest BCUT2D eigenvalue weighted by molar-refractivity contribution is 0.304. The van der Waals surface area contributed by atoms with E-state index in [-0.39, 0.29) is 5.75 Å². The third kappa shape index (κ3) is 5.00. The summed E-state index contributed by atoms with van der Waals surface area (Å²) in [7, 11) is 0. The van der Waals surface area contributed by atoms with Crippen LogP contribution in [0.5, 0.6) is 23.0 Å². The summed E-state index contributed by atoms with van der Waals surface area (Å²) < 4.78 is 12.8. The highest BCUT2D eigenvalue weighted by atomic mass is 79.9. The van der Waals surface area contributed by atoms with Crippen molar-refractivity contribution in [2.24, 2.45) is 0 Å². The highest BCUT2D eigenvalue weighted by Crippen LogP contribution is 2.30. The Morgan fingerprint density at radius 1 is 0.800 bits per heavy atom. The van der Waals surface area contributed by atoms with Gasteiger partial charge < -0.3 is 14.6 Å². The highest BCUT2D eigenvalue weighted by molar-refractivity contribution is 9.10. The van der Waals surface area contributed by atoms with E-state index in [1.807, 2.05) is 62.4 Å². The van der Waals surface area contributed by atoms with Crippen LogP contribution in [-0.2, 0) is 6.61 Å². The van der Waals surface area contributed by atoms with Gasteiger partial charge in [0.25, 0.3) is 0 Å². The van der Waals surface area contributed by atoms with Crippen LogP contribution in [-0.4, -0.2) is 5.11 Å². The first-order chi connectivity index (χ1) is 12.0. The minimum absolute atomic E-state index is 0.189. The third-order valence-corrected chi connectivity index (χ3v) is 4.14. The smallest absolute Gasteiger partial charge is 0.131 e. The zero-order valence-corrected chi connectivity index (χ0v) is 15.7. The molecule has 0 heterocycles. The molecule has 4 heteroatoms. The zero-order valence-electron chi connectivity index (χ0n) is 14.1. The van der Waals surface area contributed by atoms with Crippen molar-refractivity contribution in [2.75, 3.05) is 0 Å². The average molecular weight is 399 g/mol. The Bertz CT molecular complexity index is 853. The first kappa shape index (κ1) is 17.4. The van der Waals surface area contributed by atoms with E-state index in [0.717, 1.165) is 26.9 Å². The Labute approximate surface area is 156 Å². The van der Waals surface area contributed by atoms with Crippen LogP contribution in [0.4, 0.5) is 0 Å². The van der Waals surface area contributed by atoms with Gasteiger partial charge in [0.1, 0.15) is 29.6 Å². The van der Waals surface area contributed by atoms with Crippen molar-refractivity contribution >= 4 is 15.9 Å². The summed E-state index contributed by atoms with van der Waals surface area (Å²) in [5.41, 5.74) is 3.07. The highest BCUT2D eigenvalue weighted by Gasteiger charge is 2.05. The number of phenols is 1. The van der Waals surface area contributed by atoms with E-state index >= 15 is 0 Å². The molecule has 3 nitrogen and oxygen atoms in total. The number of hydrogen-bond donors (Lipinski definition) is 1. The van der Waals surface area contributed by atoms with Crippen LogP contribution in [0.3, 0.4) is 0 Å². The Morgan fingerprint density at radius 3 is 2.08 bits per heavy atom. The summed E-state index contributed by atoms with van der Waals surface area (Å²) in [6.45, 7) is 4.39. The van der Waals surface area contributed by atoms with Crippen LogP contribution in [0, 0.1) is 13.8 Å². The Balaban J connectivity index is 1.74. The lowest BCUT2D eigenvalue weighted by Crippen LogP contribution is -1.96. The fourth-order valence-corrected chi connectivity index (χ4v) is 2.79. The number of rotatable bonds is 5. The van der Waals surface area contributed by atoms with E-state index in [1.54, 1.807) is 12.1 Å². The summed E-state index contributed by atoms with van der Waals surface area (Å²) in [6.07, 6.45) is 0. The number of halogens is 1. The average Bonchev–Trinajstić information content (AvgIpc) is 2.53. The van der Waals surface area contributed by atoms with Gasteiger partial charge in [-0.1, -0.05) is 28.1 Å². The van der Waals surface area contributed by atoms with Gasteiger partial charge in [-0.05, 0) is 66.9 Å². The second-order valence-electron chi connectivity index (χ2n) is 6.00. The zero-order chi connectivity index (χ0) is 17.8. The summed E-state index contributed by atoms with van der Waals surface area (Å²) >= 11 is 3.43. The molecule has 128 valence electrons. The van der Waals surface area contributed by atoms with Gasteiger partial charge in [-0.2, -0.15) is 0 Å². The number of aromatic hydroxyl groups is 1. The summed E-state index contributed by atoms with van der Waals surface area (Å²) in [5, 5.41) is 9.70. The maximum Gasteiger partial charge on any atom is 0.131 e. The molecular formula is C21H19BrO3. The van der Waals surface area contributed by atoms with Crippen LogP contribution >= 0.6 is 15.9 Å². The van der Waals surface area contributed by atoms with Gasteiger partial charge in [-0.15, -0.1) is 0 Å². The lowest BCUT2D eigenvalue weighted by Gasteiger charge is -2.12. The molecule has 0 atom stereocenters. The molecule has 0 bridgehead atoms. The van der Waals surface area contributed by atoms with Crippen molar-refractivity contribution in [1.82, 2.24) is 0 Å². The van der Waals surface area contributed by atoms with Crippen LogP contribution in [0.15, 0.2) is 65.1 Å². The van der Waals surface area contributed by atoms with Gasteiger partial charge >= 0.3 is 0 Å². The van der Waals surface area contributed by atoms with E-state index in [0.29, 0.717) is 18.1 Å². The first-order valence-electron chi connectivity index (χ1n) is 7.95. The molecule has 0 radical (unpaired) electrons. The van der Waals surface area contributed by atoms with Gasteiger partial charge in [0.15, 0.2) is 0 Å². The van der Waals surface area contributed by atoms with Crippen molar-refractivity contribution in [3.8, 4) is 23.0 Å². The molecule has 0 fully saturated rings. The second-order valence-corrected chi connectivity index (χ2v) is 6.92. The topological polar surface area (TPSA) is 38.7 Å².